The Hall–Kier alpha value is -2.66. The molecule has 1 amide bonds. The van der Waals surface area contributed by atoms with E-state index in [0.29, 0.717) is 23.8 Å². The van der Waals surface area contributed by atoms with E-state index >= 15 is 0 Å². The van der Waals surface area contributed by atoms with Crippen LogP contribution in [0.2, 0.25) is 0 Å². The number of hydrogen-bond acceptors (Lipinski definition) is 4. The number of amides is 1. The van der Waals surface area contributed by atoms with Crippen LogP contribution < -0.4 is 0 Å². The summed E-state index contributed by atoms with van der Waals surface area (Å²) in [7, 11) is 0. The Morgan fingerprint density at radius 1 is 0.972 bits per heavy atom. The Morgan fingerprint density at radius 2 is 1.72 bits per heavy atom. The predicted molar refractivity (Wildman–Crippen MR) is 147 cm³/mol. The summed E-state index contributed by atoms with van der Waals surface area (Å²) in [6, 6.07) is 13.4. The maximum absolute atomic E-state index is 13.9. The number of carbonyl (C=O) groups excluding carboxylic acids is 2. The minimum atomic E-state index is 0.0755. The van der Waals surface area contributed by atoms with Crippen LogP contribution in [0.3, 0.4) is 0 Å². The van der Waals surface area contributed by atoms with E-state index < -0.39 is 0 Å². The van der Waals surface area contributed by atoms with Crippen LogP contribution in [0.5, 0.6) is 5.75 Å². The van der Waals surface area contributed by atoms with Gasteiger partial charge < -0.3 is 10.0 Å². The van der Waals surface area contributed by atoms with Gasteiger partial charge in [-0.25, -0.2) is 0 Å². The summed E-state index contributed by atoms with van der Waals surface area (Å²) < 4.78 is 0.987. The van der Waals surface area contributed by atoms with E-state index in [1.807, 2.05) is 35.2 Å². The van der Waals surface area contributed by atoms with Crippen LogP contribution in [-0.4, -0.2) is 34.8 Å². The first kappa shape index (κ1) is 25.0. The number of aromatic hydroxyl groups is 1. The van der Waals surface area contributed by atoms with Crippen molar-refractivity contribution in [3.63, 3.8) is 0 Å². The van der Waals surface area contributed by atoms with Gasteiger partial charge in [0.1, 0.15) is 5.75 Å². The molecule has 3 aromatic rings. The minimum Gasteiger partial charge on any atom is -0.508 e. The van der Waals surface area contributed by atoms with E-state index in [2.05, 4.69) is 6.92 Å². The van der Waals surface area contributed by atoms with Gasteiger partial charge in [-0.3, -0.25) is 9.59 Å². The molecule has 0 bridgehead atoms. The number of benzene rings is 2. The largest absolute Gasteiger partial charge is 0.508 e. The Labute approximate surface area is 218 Å². The number of nitrogens with zero attached hydrogens (tertiary/aromatic N) is 1. The average molecular weight is 504 g/mol. The maximum Gasteiger partial charge on any atom is 0.222 e. The van der Waals surface area contributed by atoms with E-state index in [1.54, 1.807) is 23.5 Å². The fraction of sp³-hybridized carbons (Fsp3) is 0.484. The molecule has 2 heterocycles. The van der Waals surface area contributed by atoms with Gasteiger partial charge in [-0.05, 0) is 74.1 Å². The first-order chi connectivity index (χ1) is 17.5. The normalized spacial score (nSPS) is 20.5. The number of hydrogen-bond donors (Lipinski definition) is 1. The lowest BCUT2D eigenvalue weighted by Gasteiger charge is -2.28. The van der Waals surface area contributed by atoms with Gasteiger partial charge in [0.05, 0.1) is 0 Å². The van der Waals surface area contributed by atoms with Gasteiger partial charge in [0.2, 0.25) is 5.91 Å². The molecule has 2 aromatic carbocycles. The van der Waals surface area contributed by atoms with Crippen LogP contribution in [-0.2, 0) is 11.2 Å². The van der Waals surface area contributed by atoms with Crippen molar-refractivity contribution >= 4 is 33.1 Å². The van der Waals surface area contributed by atoms with Crippen LogP contribution >= 0.6 is 11.3 Å². The molecule has 1 saturated heterocycles. The monoisotopic (exact) mass is 503 g/mol. The van der Waals surface area contributed by atoms with Crippen molar-refractivity contribution in [3.05, 3.63) is 64.0 Å². The molecule has 1 N–H and O–H groups in total. The van der Waals surface area contributed by atoms with Crippen molar-refractivity contribution in [1.29, 1.82) is 0 Å². The van der Waals surface area contributed by atoms with Crippen LogP contribution in [0.4, 0.5) is 0 Å². The Balaban J connectivity index is 1.32. The summed E-state index contributed by atoms with van der Waals surface area (Å²) in [5.41, 5.74) is 2.70. The summed E-state index contributed by atoms with van der Waals surface area (Å²) in [5.74, 6) is 1.55. The summed E-state index contributed by atoms with van der Waals surface area (Å²) in [6.45, 7) is 4.13. The molecule has 5 heteroatoms. The molecule has 190 valence electrons. The number of phenolic OH excluding ortho intramolecular Hbond substituents is 1. The van der Waals surface area contributed by atoms with Gasteiger partial charge in [0, 0.05) is 45.6 Å². The van der Waals surface area contributed by atoms with Crippen LogP contribution in [0.1, 0.15) is 97.0 Å². The van der Waals surface area contributed by atoms with Gasteiger partial charge in [0.25, 0.3) is 0 Å². The van der Waals surface area contributed by atoms with Crippen molar-refractivity contribution in [3.8, 4) is 5.75 Å². The molecule has 5 rings (SSSR count). The average Bonchev–Trinajstić information content (AvgIpc) is 3.27. The second kappa shape index (κ2) is 11.2. The number of likely N-dealkylation sites (tertiary alicyclic amines) is 1. The van der Waals surface area contributed by atoms with Gasteiger partial charge in [-0.15, -0.1) is 11.3 Å². The van der Waals surface area contributed by atoms with E-state index in [-0.39, 0.29) is 17.4 Å². The van der Waals surface area contributed by atoms with Crippen molar-refractivity contribution in [2.45, 2.75) is 77.0 Å². The van der Waals surface area contributed by atoms with Crippen molar-refractivity contribution in [1.82, 2.24) is 4.90 Å². The van der Waals surface area contributed by atoms with Gasteiger partial charge in [-0.1, -0.05) is 50.5 Å². The molecule has 1 aromatic heterocycles. The maximum atomic E-state index is 13.9. The third kappa shape index (κ3) is 5.36. The summed E-state index contributed by atoms with van der Waals surface area (Å²) >= 11 is 1.68. The van der Waals surface area contributed by atoms with Gasteiger partial charge in [-0.2, -0.15) is 0 Å². The van der Waals surface area contributed by atoms with Crippen LogP contribution in [0.15, 0.2) is 42.5 Å². The second-order valence-electron chi connectivity index (χ2n) is 10.7. The number of rotatable bonds is 7. The topological polar surface area (TPSA) is 57.6 Å². The van der Waals surface area contributed by atoms with E-state index in [0.717, 1.165) is 60.8 Å². The predicted octanol–water partition coefficient (Wildman–Crippen LogP) is 7.47. The number of ketones is 1. The fourth-order valence-electron chi connectivity index (χ4n) is 6.02. The highest BCUT2D eigenvalue weighted by Gasteiger charge is 2.30. The lowest BCUT2D eigenvalue weighted by Crippen LogP contribution is -2.35. The lowest BCUT2D eigenvalue weighted by atomic mass is 9.78. The molecular formula is C31H37NO3S. The molecule has 2 fully saturated rings. The number of fused-ring (bicyclic) bond motifs is 1. The first-order valence-electron chi connectivity index (χ1n) is 13.7. The molecule has 4 nitrogen and oxygen atoms in total. The molecule has 2 aliphatic rings. The number of phenols is 1. The molecule has 2 atom stereocenters. The molecular weight excluding hydrogens is 466 g/mol. The molecule has 1 aliphatic heterocycles. The highest BCUT2D eigenvalue weighted by molar-refractivity contribution is 7.19. The second-order valence-corrected chi connectivity index (χ2v) is 11.8. The fourth-order valence-corrected chi connectivity index (χ4v) is 7.52. The number of aryl methyl sites for hydroxylation is 1. The quantitative estimate of drug-likeness (QED) is 0.340. The van der Waals surface area contributed by atoms with E-state index in [1.165, 1.54) is 36.1 Å². The summed E-state index contributed by atoms with van der Waals surface area (Å²) in [5, 5.41) is 11.0. The highest BCUT2D eigenvalue weighted by Crippen LogP contribution is 2.46. The zero-order valence-corrected chi connectivity index (χ0v) is 22.1. The highest BCUT2D eigenvalue weighted by atomic mass is 32.1. The third-order valence-electron chi connectivity index (χ3n) is 8.16. The Morgan fingerprint density at radius 3 is 2.47 bits per heavy atom. The molecule has 1 saturated carbocycles. The summed E-state index contributed by atoms with van der Waals surface area (Å²) in [4.78, 5) is 29.5. The van der Waals surface area contributed by atoms with Crippen molar-refractivity contribution < 1.29 is 14.7 Å². The standard InChI is InChI=1S/C31H37NO3S/c1-21-8-3-4-10-25(21)31-29(26-17-16-24(33)20-27(26)36-31)30(35)23-14-12-22(13-15-23)9-7-11-28(34)32-18-5-2-6-19-32/h12-17,20-21,25,33H,2-11,18-19H2,1H3. The zero-order valence-electron chi connectivity index (χ0n) is 21.3. The number of thiophene rings is 1. The van der Waals surface area contributed by atoms with E-state index in [4.69, 9.17) is 0 Å². The molecule has 0 radical (unpaired) electrons. The smallest absolute Gasteiger partial charge is 0.222 e. The molecule has 0 spiro atoms. The Kier molecular flexibility index (Phi) is 7.76. The van der Waals surface area contributed by atoms with Crippen molar-refractivity contribution in [2.75, 3.05) is 13.1 Å². The summed E-state index contributed by atoms with van der Waals surface area (Å²) in [6.07, 6.45) is 10.6. The minimum absolute atomic E-state index is 0.0755. The van der Waals surface area contributed by atoms with Crippen molar-refractivity contribution in [2.24, 2.45) is 5.92 Å². The molecule has 1 aliphatic carbocycles. The molecule has 2 unspecified atom stereocenters. The number of carbonyl (C=O) groups is 2. The zero-order chi connectivity index (χ0) is 25.1. The van der Waals surface area contributed by atoms with Gasteiger partial charge >= 0.3 is 0 Å². The van der Waals surface area contributed by atoms with Crippen LogP contribution in [0, 0.1) is 5.92 Å². The Bertz CT molecular complexity index is 1220. The number of piperidine rings is 1. The SMILES string of the molecule is CC1CCCCC1c1sc2cc(O)ccc2c1C(=O)c1ccc(CCCC(=O)N2CCCCC2)cc1. The third-order valence-corrected chi connectivity index (χ3v) is 9.44. The molecule has 36 heavy (non-hydrogen) atoms. The van der Waals surface area contributed by atoms with E-state index in [9.17, 15) is 14.7 Å². The van der Waals surface area contributed by atoms with Gasteiger partial charge in [0.15, 0.2) is 5.78 Å². The first-order valence-corrected chi connectivity index (χ1v) is 14.5. The van der Waals surface area contributed by atoms with Crippen LogP contribution in [0.25, 0.3) is 10.1 Å². The lowest BCUT2D eigenvalue weighted by molar-refractivity contribution is -0.132.